The molecule has 1 fully saturated rings. The van der Waals surface area contributed by atoms with Crippen LogP contribution in [0.3, 0.4) is 0 Å². The fourth-order valence-electron chi connectivity index (χ4n) is 2.87. The molecule has 0 unspecified atom stereocenters. The van der Waals surface area contributed by atoms with E-state index in [4.69, 9.17) is 9.52 Å². The van der Waals surface area contributed by atoms with Gasteiger partial charge >= 0.3 is 5.97 Å². The molecule has 7 nitrogen and oxygen atoms in total. The van der Waals surface area contributed by atoms with Gasteiger partial charge in [0.1, 0.15) is 5.76 Å². The molecule has 1 aromatic rings. The number of carboxylic acid groups (broad SMARTS) is 1. The fourth-order valence-corrected chi connectivity index (χ4v) is 3.75. The van der Waals surface area contributed by atoms with Crippen molar-refractivity contribution in [1.82, 2.24) is 9.88 Å². The van der Waals surface area contributed by atoms with Crippen molar-refractivity contribution in [1.29, 1.82) is 0 Å². The Balaban J connectivity index is 1.74. The van der Waals surface area contributed by atoms with Crippen molar-refractivity contribution in [3.8, 4) is 0 Å². The number of carbonyl (C=O) groups is 2. The van der Waals surface area contributed by atoms with Gasteiger partial charge in [-0.05, 0) is 18.6 Å². The molecule has 26 heavy (non-hydrogen) atoms. The Labute approximate surface area is 157 Å². The number of aliphatic carboxylic acids is 1. The molecule has 2 N–H and O–H groups in total. The van der Waals surface area contributed by atoms with Crippen LogP contribution in [0.4, 0.5) is 0 Å². The van der Waals surface area contributed by atoms with E-state index in [1.54, 1.807) is 31.0 Å². The highest BCUT2D eigenvalue weighted by molar-refractivity contribution is 7.99. The van der Waals surface area contributed by atoms with Crippen LogP contribution in [0.15, 0.2) is 22.8 Å². The number of nitrogens with zero attached hydrogens (tertiary/aromatic N) is 2. The van der Waals surface area contributed by atoms with E-state index in [2.05, 4.69) is 4.98 Å². The Morgan fingerprint density at radius 1 is 1.54 bits per heavy atom. The minimum absolute atomic E-state index is 0.00762. The average molecular weight is 382 g/mol. The predicted molar refractivity (Wildman–Crippen MR) is 99.0 cm³/mol. The van der Waals surface area contributed by atoms with Crippen LogP contribution in [0.25, 0.3) is 0 Å². The molecule has 0 radical (unpaired) electrons. The summed E-state index contributed by atoms with van der Waals surface area (Å²) in [6, 6.07) is 0.00762. The van der Waals surface area contributed by atoms with Crippen LogP contribution in [-0.4, -0.2) is 62.2 Å². The number of likely N-dealkylation sites (tertiary alicyclic amines) is 1. The van der Waals surface area contributed by atoms with Crippen LogP contribution < -0.4 is 0 Å². The number of aliphatic hydroxyl groups is 1. The maximum Gasteiger partial charge on any atom is 0.303 e. The first-order valence-corrected chi connectivity index (χ1v) is 9.98. The molecule has 1 amide bonds. The molecule has 0 saturated carbocycles. The zero-order valence-electron chi connectivity index (χ0n) is 15.0. The first-order valence-electron chi connectivity index (χ1n) is 8.82. The number of carboxylic acids is 1. The molecular formula is C18H26N2O5S. The lowest BCUT2D eigenvalue weighted by Crippen LogP contribution is -2.34. The van der Waals surface area contributed by atoms with Crippen LogP contribution in [0.1, 0.15) is 37.3 Å². The number of carbonyl (C=O) groups excluding carboxylic acids is 1. The minimum atomic E-state index is -0.774. The topological polar surface area (TPSA) is 104 Å². The Morgan fingerprint density at radius 3 is 3.04 bits per heavy atom. The third kappa shape index (κ3) is 6.84. The number of rotatable bonds is 11. The van der Waals surface area contributed by atoms with Gasteiger partial charge in [0, 0.05) is 38.5 Å². The highest BCUT2D eigenvalue weighted by atomic mass is 32.2. The van der Waals surface area contributed by atoms with E-state index in [1.807, 2.05) is 11.0 Å². The van der Waals surface area contributed by atoms with E-state index < -0.39 is 12.1 Å². The second kappa shape index (κ2) is 10.4. The van der Waals surface area contributed by atoms with Crippen molar-refractivity contribution in [3.05, 3.63) is 30.0 Å². The second-order valence-electron chi connectivity index (χ2n) is 6.30. The number of hydrogen-bond donors (Lipinski definition) is 2. The first-order chi connectivity index (χ1) is 12.5. The maximum atomic E-state index is 12.1. The van der Waals surface area contributed by atoms with Crippen molar-refractivity contribution in [2.75, 3.05) is 18.1 Å². The molecule has 8 heteroatoms. The quantitative estimate of drug-likeness (QED) is 0.446. The van der Waals surface area contributed by atoms with E-state index in [1.165, 1.54) is 0 Å². The Hall–Kier alpha value is -1.80. The van der Waals surface area contributed by atoms with Crippen LogP contribution in [0.2, 0.25) is 0 Å². The summed E-state index contributed by atoms with van der Waals surface area (Å²) in [4.78, 5) is 28.4. The third-order valence-corrected chi connectivity index (χ3v) is 5.21. The first kappa shape index (κ1) is 20.5. The summed E-state index contributed by atoms with van der Waals surface area (Å²) < 4.78 is 5.36. The SMILES string of the molecule is Cc1ncc(C[C@H](O)C=C[C@H]2CCC(=O)N2CCSCCCC(=O)O)o1. The molecule has 0 spiro atoms. The van der Waals surface area contributed by atoms with E-state index in [0.29, 0.717) is 37.5 Å². The largest absolute Gasteiger partial charge is 0.481 e. The van der Waals surface area contributed by atoms with Crippen molar-refractivity contribution in [2.24, 2.45) is 0 Å². The molecule has 1 saturated heterocycles. The van der Waals surface area contributed by atoms with E-state index in [-0.39, 0.29) is 18.4 Å². The highest BCUT2D eigenvalue weighted by Gasteiger charge is 2.28. The normalized spacial score (nSPS) is 18.8. The summed E-state index contributed by atoms with van der Waals surface area (Å²) in [5, 5.41) is 18.7. The maximum absolute atomic E-state index is 12.1. The van der Waals surface area contributed by atoms with Gasteiger partial charge in [0.25, 0.3) is 0 Å². The zero-order valence-corrected chi connectivity index (χ0v) is 15.8. The van der Waals surface area contributed by atoms with Gasteiger partial charge in [0.15, 0.2) is 5.89 Å². The molecule has 2 rings (SSSR count). The average Bonchev–Trinajstić information content (AvgIpc) is 3.14. The fraction of sp³-hybridized carbons (Fsp3) is 0.611. The van der Waals surface area contributed by atoms with E-state index >= 15 is 0 Å². The smallest absolute Gasteiger partial charge is 0.303 e. The molecule has 2 atom stereocenters. The number of thioether (sulfide) groups is 1. The molecule has 144 valence electrons. The lowest BCUT2D eigenvalue weighted by molar-refractivity contribution is -0.137. The van der Waals surface area contributed by atoms with Gasteiger partial charge in [-0.15, -0.1) is 0 Å². The van der Waals surface area contributed by atoms with Crippen molar-refractivity contribution in [3.63, 3.8) is 0 Å². The van der Waals surface area contributed by atoms with Gasteiger partial charge < -0.3 is 19.5 Å². The van der Waals surface area contributed by atoms with Gasteiger partial charge in [-0.2, -0.15) is 11.8 Å². The lowest BCUT2D eigenvalue weighted by atomic mass is 10.1. The molecule has 2 heterocycles. The number of aryl methyl sites for hydroxylation is 1. The van der Waals surface area contributed by atoms with Crippen LogP contribution >= 0.6 is 11.8 Å². The number of aromatic nitrogens is 1. The monoisotopic (exact) mass is 382 g/mol. The van der Waals surface area contributed by atoms with Crippen molar-refractivity contribution < 1.29 is 24.2 Å². The van der Waals surface area contributed by atoms with Gasteiger partial charge in [-0.25, -0.2) is 4.98 Å². The zero-order chi connectivity index (χ0) is 18.9. The molecule has 0 bridgehead atoms. The van der Waals surface area contributed by atoms with Gasteiger partial charge in [-0.1, -0.05) is 12.2 Å². The predicted octanol–water partition coefficient (Wildman–Crippen LogP) is 2.03. The van der Waals surface area contributed by atoms with Gasteiger partial charge in [0.2, 0.25) is 5.91 Å². The van der Waals surface area contributed by atoms with Gasteiger partial charge in [0.05, 0.1) is 18.3 Å². The van der Waals surface area contributed by atoms with Crippen molar-refractivity contribution in [2.45, 2.75) is 51.2 Å². The minimum Gasteiger partial charge on any atom is -0.481 e. The third-order valence-electron chi connectivity index (χ3n) is 4.17. The summed E-state index contributed by atoms with van der Waals surface area (Å²) in [6.07, 6.45) is 7.02. The summed E-state index contributed by atoms with van der Waals surface area (Å²) >= 11 is 1.66. The summed E-state index contributed by atoms with van der Waals surface area (Å²) in [7, 11) is 0. The number of amides is 1. The molecule has 0 aliphatic carbocycles. The standard InChI is InChI=1S/C18H26N2O5S/c1-13-19-12-16(25-13)11-15(21)6-4-14-5-7-17(22)20(14)8-10-26-9-2-3-18(23)24/h4,6,12,14-15,21H,2-3,5,7-11H2,1H3,(H,23,24)/t14-,15+/m0/s1. The number of aliphatic hydroxyl groups excluding tert-OH is 1. The number of oxazole rings is 1. The van der Waals surface area contributed by atoms with E-state index in [0.717, 1.165) is 17.9 Å². The van der Waals surface area contributed by atoms with Gasteiger partial charge in [-0.3, -0.25) is 9.59 Å². The highest BCUT2D eigenvalue weighted by Crippen LogP contribution is 2.21. The Bertz CT molecular complexity index is 631. The summed E-state index contributed by atoms with van der Waals surface area (Å²) in [5.41, 5.74) is 0. The molecular weight excluding hydrogens is 356 g/mol. The second-order valence-corrected chi connectivity index (χ2v) is 7.53. The molecule has 1 aliphatic rings. The van der Waals surface area contributed by atoms with Crippen LogP contribution in [-0.2, 0) is 16.0 Å². The van der Waals surface area contributed by atoms with Crippen molar-refractivity contribution >= 4 is 23.6 Å². The Kier molecular flexibility index (Phi) is 8.18. The molecule has 1 aliphatic heterocycles. The Morgan fingerprint density at radius 2 is 2.35 bits per heavy atom. The molecule has 0 aromatic carbocycles. The summed E-state index contributed by atoms with van der Waals surface area (Å²) in [6.45, 7) is 2.40. The molecule has 1 aromatic heterocycles. The lowest BCUT2D eigenvalue weighted by Gasteiger charge is -2.22. The van der Waals surface area contributed by atoms with Crippen LogP contribution in [0, 0.1) is 6.92 Å². The summed E-state index contributed by atoms with van der Waals surface area (Å²) in [5.74, 6) is 2.14. The number of hydrogen-bond acceptors (Lipinski definition) is 6. The van der Waals surface area contributed by atoms with E-state index in [9.17, 15) is 14.7 Å². The van der Waals surface area contributed by atoms with Crippen LogP contribution in [0.5, 0.6) is 0 Å².